The van der Waals surface area contributed by atoms with Crippen molar-refractivity contribution in [3.05, 3.63) is 72.2 Å². The van der Waals surface area contributed by atoms with Crippen molar-refractivity contribution in [1.82, 2.24) is 25.4 Å². The molecule has 2 heterocycles. The van der Waals surface area contributed by atoms with Gasteiger partial charge < -0.3 is 15.4 Å². The van der Waals surface area contributed by atoms with Gasteiger partial charge in [0.25, 0.3) is 0 Å². The normalized spacial score (nSPS) is 10.9. The molecule has 0 aliphatic heterocycles. The van der Waals surface area contributed by atoms with Gasteiger partial charge in [-0.1, -0.05) is 12.1 Å². The fourth-order valence-corrected chi connectivity index (χ4v) is 2.57. The van der Waals surface area contributed by atoms with Gasteiger partial charge in [0.1, 0.15) is 5.75 Å². The lowest BCUT2D eigenvalue weighted by molar-refractivity contribution is 0.414. The van der Waals surface area contributed by atoms with Crippen molar-refractivity contribution in [3.63, 3.8) is 0 Å². The number of aliphatic imine (C=N–C) groups is 1. The molecular weight excluding hydrogens is 467 g/mol. The van der Waals surface area contributed by atoms with E-state index in [4.69, 9.17) is 4.74 Å². The van der Waals surface area contributed by atoms with Crippen LogP contribution in [0.1, 0.15) is 18.1 Å². The first kappa shape index (κ1) is 21.7. The quantitative estimate of drug-likeness (QED) is 0.301. The largest absolute Gasteiger partial charge is 0.497 e. The maximum absolute atomic E-state index is 5.26. The van der Waals surface area contributed by atoms with Gasteiger partial charge in [0.05, 0.1) is 13.7 Å². The predicted octanol–water partition coefficient (Wildman–Crippen LogP) is 3.15. The lowest BCUT2D eigenvalue weighted by atomic mass is 10.2. The number of methoxy groups -OCH3 is 1. The van der Waals surface area contributed by atoms with Crippen LogP contribution in [0.15, 0.2) is 66.0 Å². The molecule has 28 heavy (non-hydrogen) atoms. The topological polar surface area (TPSA) is 76.4 Å². The van der Waals surface area contributed by atoms with Crippen LogP contribution in [-0.4, -0.2) is 34.4 Å². The number of pyridine rings is 1. The van der Waals surface area contributed by atoms with E-state index in [0.717, 1.165) is 35.2 Å². The van der Waals surface area contributed by atoms with E-state index >= 15 is 0 Å². The van der Waals surface area contributed by atoms with E-state index in [2.05, 4.69) is 25.7 Å². The van der Waals surface area contributed by atoms with Gasteiger partial charge in [-0.05, 0) is 48.4 Å². The molecule has 0 saturated heterocycles. The van der Waals surface area contributed by atoms with Crippen LogP contribution in [0.3, 0.4) is 0 Å². The molecule has 0 fully saturated rings. The number of aromatic nitrogens is 3. The van der Waals surface area contributed by atoms with Crippen LogP contribution in [0.4, 0.5) is 0 Å². The molecule has 0 aliphatic carbocycles. The number of hydrogen-bond acceptors (Lipinski definition) is 4. The van der Waals surface area contributed by atoms with Crippen LogP contribution in [0, 0.1) is 0 Å². The Labute approximate surface area is 182 Å². The van der Waals surface area contributed by atoms with Crippen LogP contribution in [0.5, 0.6) is 5.75 Å². The van der Waals surface area contributed by atoms with Crippen molar-refractivity contribution in [1.29, 1.82) is 0 Å². The van der Waals surface area contributed by atoms with Gasteiger partial charge in [0, 0.05) is 31.7 Å². The van der Waals surface area contributed by atoms with E-state index in [0.29, 0.717) is 13.1 Å². The third-order valence-corrected chi connectivity index (χ3v) is 3.91. The first-order valence-corrected chi connectivity index (χ1v) is 8.88. The number of nitrogens with zero attached hydrogens (tertiary/aromatic N) is 4. The summed E-state index contributed by atoms with van der Waals surface area (Å²) in [4.78, 5) is 9.00. The smallest absolute Gasteiger partial charge is 0.191 e. The van der Waals surface area contributed by atoms with E-state index < -0.39 is 0 Å². The van der Waals surface area contributed by atoms with Crippen LogP contribution >= 0.6 is 24.0 Å². The van der Waals surface area contributed by atoms with Gasteiger partial charge in [-0.3, -0.25) is 0 Å². The summed E-state index contributed by atoms with van der Waals surface area (Å²) >= 11 is 0. The Bertz CT molecular complexity index is 882. The van der Waals surface area contributed by atoms with Gasteiger partial charge in [-0.2, -0.15) is 5.10 Å². The van der Waals surface area contributed by atoms with Gasteiger partial charge in [-0.25, -0.2) is 14.7 Å². The van der Waals surface area contributed by atoms with Crippen LogP contribution in [0.2, 0.25) is 0 Å². The van der Waals surface area contributed by atoms with E-state index in [1.54, 1.807) is 24.2 Å². The summed E-state index contributed by atoms with van der Waals surface area (Å²) in [7, 11) is 1.67. The summed E-state index contributed by atoms with van der Waals surface area (Å²) in [5, 5.41) is 10.8. The minimum atomic E-state index is 0. The highest BCUT2D eigenvalue weighted by atomic mass is 127. The van der Waals surface area contributed by atoms with Crippen LogP contribution in [0.25, 0.3) is 5.82 Å². The highest BCUT2D eigenvalue weighted by Crippen LogP contribution is 2.13. The predicted molar refractivity (Wildman–Crippen MR) is 121 cm³/mol. The average molecular weight is 492 g/mol. The molecule has 0 bridgehead atoms. The van der Waals surface area contributed by atoms with Crippen molar-refractivity contribution < 1.29 is 4.74 Å². The summed E-state index contributed by atoms with van der Waals surface area (Å²) in [5.41, 5.74) is 2.19. The Balaban J connectivity index is 0.00000280. The number of ether oxygens (including phenoxy) is 1. The molecule has 2 aromatic heterocycles. The summed E-state index contributed by atoms with van der Waals surface area (Å²) in [6.07, 6.45) is 5.40. The molecule has 3 rings (SSSR count). The molecule has 148 valence electrons. The summed E-state index contributed by atoms with van der Waals surface area (Å²) < 4.78 is 7.01. The molecule has 2 N–H and O–H groups in total. The standard InChI is InChI=1S/C20H24N6O.HI/c1-3-21-20(23-14-16-6-4-7-18(12-16)27-2)24-15-17-8-10-22-19(13-17)26-11-5-9-25-26;/h4-13H,3,14-15H2,1-2H3,(H2,21,23,24);1H. The van der Waals surface area contributed by atoms with Crippen molar-refractivity contribution in [2.75, 3.05) is 13.7 Å². The molecule has 0 spiro atoms. The average Bonchev–Trinajstić information content (AvgIpc) is 3.25. The lowest BCUT2D eigenvalue weighted by Crippen LogP contribution is -2.36. The second-order valence-corrected chi connectivity index (χ2v) is 5.87. The number of nitrogens with one attached hydrogen (secondary N) is 2. The molecule has 0 unspecified atom stereocenters. The van der Waals surface area contributed by atoms with Gasteiger partial charge in [0.15, 0.2) is 11.8 Å². The second kappa shape index (κ2) is 11.3. The summed E-state index contributed by atoms with van der Waals surface area (Å²) in [6, 6.07) is 13.8. The fourth-order valence-electron chi connectivity index (χ4n) is 2.57. The molecule has 3 aromatic rings. The Hall–Kier alpha value is -2.62. The maximum Gasteiger partial charge on any atom is 0.191 e. The van der Waals surface area contributed by atoms with Crippen molar-refractivity contribution in [2.24, 2.45) is 4.99 Å². The summed E-state index contributed by atoms with van der Waals surface area (Å²) in [6.45, 7) is 4.05. The van der Waals surface area contributed by atoms with Gasteiger partial charge in [-0.15, -0.1) is 24.0 Å². The Morgan fingerprint density at radius 2 is 2.00 bits per heavy atom. The van der Waals surface area contributed by atoms with E-state index in [1.165, 1.54) is 0 Å². The Morgan fingerprint density at radius 3 is 2.75 bits per heavy atom. The van der Waals surface area contributed by atoms with Crippen molar-refractivity contribution >= 4 is 29.9 Å². The molecule has 8 heteroatoms. The molecule has 0 atom stereocenters. The highest BCUT2D eigenvalue weighted by molar-refractivity contribution is 14.0. The third kappa shape index (κ3) is 6.22. The molecule has 0 radical (unpaired) electrons. The molecule has 1 aromatic carbocycles. The minimum absolute atomic E-state index is 0. The first-order valence-electron chi connectivity index (χ1n) is 8.88. The number of rotatable bonds is 7. The second-order valence-electron chi connectivity index (χ2n) is 5.87. The number of guanidine groups is 1. The maximum atomic E-state index is 5.26. The van der Waals surface area contributed by atoms with Gasteiger partial charge in [0.2, 0.25) is 0 Å². The van der Waals surface area contributed by atoms with E-state index in [9.17, 15) is 0 Å². The van der Waals surface area contributed by atoms with E-state index in [-0.39, 0.29) is 24.0 Å². The summed E-state index contributed by atoms with van der Waals surface area (Å²) in [5.74, 6) is 2.39. The fraction of sp³-hybridized carbons (Fsp3) is 0.250. The SMILES string of the molecule is CCNC(=NCc1cccc(OC)c1)NCc1ccnc(-n2cccn2)c1.I. The van der Waals surface area contributed by atoms with Crippen LogP contribution < -0.4 is 15.4 Å². The van der Waals surface area contributed by atoms with Crippen LogP contribution in [-0.2, 0) is 13.1 Å². The first-order chi connectivity index (χ1) is 13.3. The number of hydrogen-bond donors (Lipinski definition) is 2. The highest BCUT2D eigenvalue weighted by Gasteiger charge is 2.03. The third-order valence-electron chi connectivity index (χ3n) is 3.91. The van der Waals surface area contributed by atoms with Crippen molar-refractivity contribution in [3.8, 4) is 11.6 Å². The van der Waals surface area contributed by atoms with Crippen molar-refractivity contribution in [2.45, 2.75) is 20.0 Å². The molecule has 0 amide bonds. The number of halogens is 1. The Morgan fingerprint density at radius 1 is 1.11 bits per heavy atom. The van der Waals surface area contributed by atoms with Gasteiger partial charge >= 0.3 is 0 Å². The zero-order chi connectivity index (χ0) is 18.9. The Kier molecular flexibility index (Phi) is 8.73. The molecule has 0 saturated carbocycles. The zero-order valence-corrected chi connectivity index (χ0v) is 18.3. The zero-order valence-electron chi connectivity index (χ0n) is 16.0. The minimum Gasteiger partial charge on any atom is -0.497 e. The number of benzene rings is 1. The molecular formula is C20H25IN6O. The molecule has 7 nitrogen and oxygen atoms in total. The van der Waals surface area contributed by atoms with E-state index in [1.807, 2.05) is 55.6 Å². The monoisotopic (exact) mass is 492 g/mol. The lowest BCUT2D eigenvalue weighted by Gasteiger charge is -2.12. The molecule has 0 aliphatic rings.